The molecule has 138 valence electrons. The van der Waals surface area contributed by atoms with Gasteiger partial charge >= 0.3 is 0 Å². The van der Waals surface area contributed by atoms with Gasteiger partial charge in [0.2, 0.25) is 5.91 Å². The molecule has 0 bridgehead atoms. The van der Waals surface area contributed by atoms with Crippen molar-refractivity contribution in [2.75, 3.05) is 5.32 Å². The van der Waals surface area contributed by atoms with Gasteiger partial charge < -0.3 is 4.42 Å². The SMILES string of the molecule is CCn1nnc(NC(=S)NC(=O)/C=C/c2ccc(-c3ccc(Cl)cc3)o2)n1. The molecule has 2 heterocycles. The average Bonchev–Trinajstić information content (AvgIpc) is 3.30. The Morgan fingerprint density at radius 1 is 1.30 bits per heavy atom. The Kier molecular flexibility index (Phi) is 5.94. The molecule has 0 saturated heterocycles. The van der Waals surface area contributed by atoms with Crippen LogP contribution in [0.1, 0.15) is 12.7 Å². The number of carbonyl (C=O) groups excluding carboxylic acids is 1. The van der Waals surface area contributed by atoms with Crippen molar-refractivity contribution < 1.29 is 9.21 Å². The summed E-state index contributed by atoms with van der Waals surface area (Å²) in [4.78, 5) is 13.3. The van der Waals surface area contributed by atoms with Gasteiger partial charge in [-0.3, -0.25) is 15.4 Å². The monoisotopic (exact) mass is 402 g/mol. The maximum Gasteiger partial charge on any atom is 0.269 e. The predicted molar refractivity (Wildman–Crippen MR) is 106 cm³/mol. The van der Waals surface area contributed by atoms with Crippen molar-refractivity contribution in [1.82, 2.24) is 25.5 Å². The molecule has 0 aliphatic rings. The van der Waals surface area contributed by atoms with E-state index < -0.39 is 5.91 Å². The van der Waals surface area contributed by atoms with Crippen molar-refractivity contribution in [2.45, 2.75) is 13.5 Å². The van der Waals surface area contributed by atoms with Crippen LogP contribution in [0.3, 0.4) is 0 Å². The molecule has 0 aliphatic carbocycles. The van der Waals surface area contributed by atoms with Crippen LogP contribution in [0.4, 0.5) is 5.95 Å². The van der Waals surface area contributed by atoms with Crippen molar-refractivity contribution >= 4 is 46.9 Å². The summed E-state index contributed by atoms with van der Waals surface area (Å²) in [6.07, 6.45) is 2.86. The van der Waals surface area contributed by atoms with E-state index in [-0.39, 0.29) is 11.1 Å². The number of aryl methyl sites for hydroxylation is 1. The summed E-state index contributed by atoms with van der Waals surface area (Å²) < 4.78 is 5.69. The van der Waals surface area contributed by atoms with E-state index in [0.717, 1.165) is 5.56 Å². The van der Waals surface area contributed by atoms with Gasteiger partial charge in [0.25, 0.3) is 5.95 Å². The van der Waals surface area contributed by atoms with E-state index >= 15 is 0 Å². The first-order valence-electron chi connectivity index (χ1n) is 7.97. The van der Waals surface area contributed by atoms with Crippen molar-refractivity contribution in [3.8, 4) is 11.3 Å². The van der Waals surface area contributed by atoms with Crippen LogP contribution >= 0.6 is 23.8 Å². The zero-order chi connectivity index (χ0) is 19.2. The highest BCUT2D eigenvalue weighted by Gasteiger charge is 2.07. The highest BCUT2D eigenvalue weighted by Crippen LogP contribution is 2.24. The zero-order valence-electron chi connectivity index (χ0n) is 14.2. The Bertz CT molecular complexity index is 979. The number of tetrazole rings is 1. The number of thiocarbonyl (C=S) groups is 1. The summed E-state index contributed by atoms with van der Waals surface area (Å²) in [6, 6.07) is 10.9. The minimum absolute atomic E-state index is 0.0709. The Labute approximate surface area is 165 Å². The summed E-state index contributed by atoms with van der Waals surface area (Å²) in [5, 5.41) is 17.4. The number of anilines is 1. The van der Waals surface area contributed by atoms with Gasteiger partial charge in [-0.05, 0) is 66.8 Å². The van der Waals surface area contributed by atoms with E-state index in [2.05, 4.69) is 26.0 Å². The second-order valence-electron chi connectivity index (χ2n) is 5.29. The summed E-state index contributed by atoms with van der Waals surface area (Å²) >= 11 is 10.9. The highest BCUT2D eigenvalue weighted by atomic mass is 35.5. The fraction of sp³-hybridized carbons (Fsp3) is 0.118. The lowest BCUT2D eigenvalue weighted by Gasteiger charge is -2.03. The highest BCUT2D eigenvalue weighted by molar-refractivity contribution is 7.80. The molecule has 0 saturated carbocycles. The third-order valence-corrected chi connectivity index (χ3v) is 3.81. The molecule has 2 N–H and O–H groups in total. The first-order chi connectivity index (χ1) is 13.0. The number of aromatic nitrogens is 4. The molecule has 0 radical (unpaired) electrons. The van der Waals surface area contributed by atoms with Crippen LogP contribution < -0.4 is 10.6 Å². The number of benzene rings is 1. The van der Waals surface area contributed by atoms with Crippen LogP contribution in [0.15, 0.2) is 46.9 Å². The van der Waals surface area contributed by atoms with Crippen LogP contribution in [0.25, 0.3) is 17.4 Å². The molecule has 0 unspecified atom stereocenters. The van der Waals surface area contributed by atoms with Gasteiger partial charge in [-0.2, -0.15) is 4.80 Å². The molecular weight excluding hydrogens is 388 g/mol. The topological polar surface area (TPSA) is 97.9 Å². The van der Waals surface area contributed by atoms with Crippen LogP contribution in [-0.4, -0.2) is 31.2 Å². The summed E-state index contributed by atoms with van der Waals surface area (Å²) in [5.41, 5.74) is 0.890. The largest absolute Gasteiger partial charge is 0.457 e. The molecule has 0 atom stereocenters. The number of halogens is 1. The number of hydrogen-bond donors (Lipinski definition) is 2. The van der Waals surface area contributed by atoms with Crippen LogP contribution in [-0.2, 0) is 11.3 Å². The summed E-state index contributed by atoms with van der Waals surface area (Å²) in [5.74, 6) is 1.00. The lowest BCUT2D eigenvalue weighted by Crippen LogP contribution is -2.33. The number of furan rings is 1. The second kappa shape index (κ2) is 8.56. The molecule has 0 aliphatic heterocycles. The Balaban J connectivity index is 1.55. The first kappa shape index (κ1) is 18.7. The number of amides is 1. The summed E-state index contributed by atoms with van der Waals surface area (Å²) in [6.45, 7) is 2.46. The minimum Gasteiger partial charge on any atom is -0.457 e. The molecule has 1 amide bonds. The van der Waals surface area contributed by atoms with E-state index in [0.29, 0.717) is 23.1 Å². The van der Waals surface area contributed by atoms with Gasteiger partial charge in [0.1, 0.15) is 11.5 Å². The van der Waals surface area contributed by atoms with E-state index in [1.54, 1.807) is 24.3 Å². The van der Waals surface area contributed by atoms with Gasteiger partial charge in [-0.15, -0.1) is 5.10 Å². The van der Waals surface area contributed by atoms with Crippen LogP contribution in [0, 0.1) is 0 Å². The number of carbonyl (C=O) groups is 1. The zero-order valence-corrected chi connectivity index (χ0v) is 15.8. The fourth-order valence-corrected chi connectivity index (χ4v) is 2.40. The van der Waals surface area contributed by atoms with Gasteiger partial charge in [0.05, 0.1) is 6.54 Å². The molecule has 0 spiro atoms. The Hall–Kier alpha value is -3.04. The maximum absolute atomic E-state index is 11.9. The third-order valence-electron chi connectivity index (χ3n) is 3.35. The van der Waals surface area contributed by atoms with E-state index in [9.17, 15) is 4.79 Å². The molecule has 3 rings (SSSR count). The first-order valence-corrected chi connectivity index (χ1v) is 8.75. The minimum atomic E-state index is -0.417. The van der Waals surface area contributed by atoms with Crippen molar-refractivity contribution in [2.24, 2.45) is 0 Å². The van der Waals surface area contributed by atoms with Gasteiger partial charge in [0, 0.05) is 16.7 Å². The smallest absolute Gasteiger partial charge is 0.269 e. The third kappa shape index (κ3) is 5.22. The number of nitrogens with zero attached hydrogens (tertiary/aromatic N) is 4. The molecule has 3 aromatic rings. The number of nitrogens with one attached hydrogen (secondary N) is 2. The molecule has 2 aromatic heterocycles. The van der Waals surface area contributed by atoms with Gasteiger partial charge in [0.15, 0.2) is 5.11 Å². The standard InChI is InChI=1S/C17H15ClN6O2S/c1-2-24-22-16(21-23-24)20-17(27)19-15(25)10-8-13-7-9-14(26-13)11-3-5-12(18)6-4-11/h3-10H,2H2,1H3,(H2,19,20,22,25,27)/b10-8+. The van der Waals surface area contributed by atoms with Crippen LogP contribution in [0.5, 0.6) is 0 Å². The molecule has 1 aromatic carbocycles. The second-order valence-corrected chi connectivity index (χ2v) is 6.13. The summed E-state index contributed by atoms with van der Waals surface area (Å²) in [7, 11) is 0. The number of hydrogen-bond acceptors (Lipinski definition) is 6. The molecule has 8 nitrogen and oxygen atoms in total. The van der Waals surface area contributed by atoms with Gasteiger partial charge in [-0.1, -0.05) is 16.7 Å². The van der Waals surface area contributed by atoms with Crippen molar-refractivity contribution in [3.05, 3.63) is 53.3 Å². The van der Waals surface area contributed by atoms with Crippen molar-refractivity contribution in [3.63, 3.8) is 0 Å². The van der Waals surface area contributed by atoms with E-state index in [1.807, 2.05) is 25.1 Å². The van der Waals surface area contributed by atoms with Gasteiger partial charge in [-0.25, -0.2) is 0 Å². The lowest BCUT2D eigenvalue weighted by atomic mass is 10.2. The molecular formula is C17H15ClN6O2S. The molecule has 10 heteroatoms. The van der Waals surface area contributed by atoms with E-state index in [1.165, 1.54) is 10.9 Å². The average molecular weight is 403 g/mol. The van der Waals surface area contributed by atoms with Crippen molar-refractivity contribution in [1.29, 1.82) is 0 Å². The van der Waals surface area contributed by atoms with Crippen LogP contribution in [0.2, 0.25) is 5.02 Å². The fourth-order valence-electron chi connectivity index (χ4n) is 2.08. The lowest BCUT2D eigenvalue weighted by molar-refractivity contribution is -0.115. The Morgan fingerprint density at radius 2 is 2.07 bits per heavy atom. The molecule has 27 heavy (non-hydrogen) atoms. The van der Waals surface area contributed by atoms with E-state index in [4.69, 9.17) is 28.2 Å². The predicted octanol–water partition coefficient (Wildman–Crippen LogP) is 3.13. The maximum atomic E-state index is 11.9. The molecule has 0 fully saturated rings. The number of rotatable bonds is 5. The quantitative estimate of drug-likeness (QED) is 0.499. The Morgan fingerprint density at radius 3 is 2.78 bits per heavy atom. The normalized spacial score (nSPS) is 10.9.